The number of unbranched alkanes of at least 4 members (excludes halogenated alkanes) is 1. The molecule has 4 N–H and O–H groups in total. The molecule has 2 aromatic carbocycles. The van der Waals surface area contributed by atoms with Crippen molar-refractivity contribution >= 4 is 41.5 Å². The molecule has 152 valence electrons. The van der Waals surface area contributed by atoms with Gasteiger partial charge in [-0.1, -0.05) is 37.1 Å². The molecule has 0 aromatic heterocycles. The molecule has 0 unspecified atom stereocenters. The number of carbonyl (C=O) groups excluding carboxylic acids is 2. The van der Waals surface area contributed by atoms with Gasteiger partial charge >= 0.3 is 0 Å². The summed E-state index contributed by atoms with van der Waals surface area (Å²) >= 11 is 6.00. The number of benzene rings is 2. The van der Waals surface area contributed by atoms with E-state index in [9.17, 15) is 9.59 Å². The highest BCUT2D eigenvalue weighted by molar-refractivity contribution is 6.33. The smallest absolute Gasteiger partial charge is 0.255 e. The number of carbonyl (C=O) groups is 2. The summed E-state index contributed by atoms with van der Waals surface area (Å²) in [5, 5.41) is 5.97. The number of nitrogens with one attached hydrogen (secondary N) is 2. The molecule has 28 heavy (non-hydrogen) atoms. The van der Waals surface area contributed by atoms with Crippen LogP contribution in [-0.4, -0.2) is 25.5 Å². The molecule has 0 heterocycles. The van der Waals surface area contributed by atoms with Gasteiger partial charge in [0.15, 0.2) is 0 Å². The average molecular weight is 426 g/mol. The summed E-state index contributed by atoms with van der Waals surface area (Å²) in [7, 11) is 1.46. The Bertz CT molecular complexity index is 811. The average Bonchev–Trinajstić information content (AvgIpc) is 2.68. The molecule has 0 saturated heterocycles. The van der Waals surface area contributed by atoms with Gasteiger partial charge in [-0.3, -0.25) is 9.59 Å². The largest absolute Gasteiger partial charge is 0.496 e. The number of anilines is 1. The molecule has 8 heteroatoms. The number of nitrogens with two attached hydrogens (primary N) is 1. The van der Waals surface area contributed by atoms with E-state index in [-0.39, 0.29) is 24.2 Å². The van der Waals surface area contributed by atoms with Crippen LogP contribution in [0.15, 0.2) is 36.4 Å². The molecule has 0 saturated carbocycles. The normalized spacial score (nSPS) is 9.96. The van der Waals surface area contributed by atoms with E-state index in [0.29, 0.717) is 40.7 Å². The molecule has 0 aliphatic heterocycles. The quantitative estimate of drug-likeness (QED) is 0.442. The van der Waals surface area contributed by atoms with Crippen LogP contribution in [0.5, 0.6) is 5.75 Å². The molecule has 0 atom stereocenters. The van der Waals surface area contributed by atoms with Crippen molar-refractivity contribution in [2.45, 2.75) is 26.3 Å². The Kier molecular flexibility index (Phi) is 9.62. The van der Waals surface area contributed by atoms with Crippen LogP contribution in [0.1, 0.15) is 46.0 Å². The lowest BCUT2D eigenvalue weighted by Gasteiger charge is -2.11. The number of hydrogen-bond acceptors (Lipinski definition) is 4. The topological polar surface area (TPSA) is 93.5 Å². The zero-order valence-electron chi connectivity index (χ0n) is 15.9. The van der Waals surface area contributed by atoms with Crippen LogP contribution >= 0.6 is 24.0 Å². The minimum absolute atomic E-state index is 0. The first kappa shape index (κ1) is 23.6. The van der Waals surface area contributed by atoms with Crippen molar-refractivity contribution in [3.63, 3.8) is 0 Å². The Morgan fingerprint density at radius 2 is 1.79 bits per heavy atom. The van der Waals surface area contributed by atoms with Crippen molar-refractivity contribution in [2.75, 3.05) is 19.4 Å². The van der Waals surface area contributed by atoms with Gasteiger partial charge in [0.1, 0.15) is 5.75 Å². The fraction of sp³-hybridized carbons (Fsp3) is 0.300. The summed E-state index contributed by atoms with van der Waals surface area (Å²) in [5.74, 6) is -0.0658. The van der Waals surface area contributed by atoms with Crippen LogP contribution in [-0.2, 0) is 6.54 Å². The second-order valence-electron chi connectivity index (χ2n) is 6.06. The fourth-order valence-corrected chi connectivity index (χ4v) is 2.61. The first-order valence-corrected chi connectivity index (χ1v) is 9.12. The molecule has 2 rings (SSSR count). The maximum absolute atomic E-state index is 12.4. The molecule has 0 radical (unpaired) electrons. The second-order valence-corrected chi connectivity index (χ2v) is 6.47. The van der Waals surface area contributed by atoms with Crippen LogP contribution in [0.4, 0.5) is 5.69 Å². The lowest BCUT2D eigenvalue weighted by atomic mass is 10.1. The minimum atomic E-state index is -0.324. The molecular formula is C20H25Cl2N3O3. The van der Waals surface area contributed by atoms with Gasteiger partial charge in [-0.25, -0.2) is 0 Å². The number of ether oxygens (including phenoxy) is 1. The van der Waals surface area contributed by atoms with Crippen LogP contribution in [0.2, 0.25) is 5.02 Å². The molecule has 0 fully saturated rings. The summed E-state index contributed by atoms with van der Waals surface area (Å²) in [5.41, 5.74) is 7.85. The predicted octanol–water partition coefficient (Wildman–Crippen LogP) is 3.81. The lowest BCUT2D eigenvalue weighted by Crippen LogP contribution is -2.25. The zero-order valence-corrected chi connectivity index (χ0v) is 17.5. The number of hydrogen-bond donors (Lipinski definition) is 3. The van der Waals surface area contributed by atoms with Gasteiger partial charge in [0, 0.05) is 24.7 Å². The summed E-state index contributed by atoms with van der Waals surface area (Å²) in [4.78, 5) is 24.4. The van der Waals surface area contributed by atoms with Gasteiger partial charge in [0.05, 0.1) is 23.4 Å². The zero-order chi connectivity index (χ0) is 19.8. The van der Waals surface area contributed by atoms with E-state index in [0.717, 1.165) is 18.4 Å². The van der Waals surface area contributed by atoms with Crippen molar-refractivity contribution in [2.24, 2.45) is 0 Å². The highest BCUT2D eigenvalue weighted by Crippen LogP contribution is 2.28. The van der Waals surface area contributed by atoms with Gasteiger partial charge in [-0.15, -0.1) is 12.4 Å². The minimum Gasteiger partial charge on any atom is -0.496 e. The number of nitrogen functional groups attached to an aromatic ring is 1. The van der Waals surface area contributed by atoms with Crippen LogP contribution in [0.3, 0.4) is 0 Å². The monoisotopic (exact) mass is 425 g/mol. The number of methoxy groups -OCH3 is 1. The van der Waals surface area contributed by atoms with Gasteiger partial charge in [0.25, 0.3) is 11.8 Å². The molecular weight excluding hydrogens is 401 g/mol. The summed E-state index contributed by atoms with van der Waals surface area (Å²) < 4.78 is 5.19. The van der Waals surface area contributed by atoms with Crippen molar-refractivity contribution in [3.05, 3.63) is 58.1 Å². The van der Waals surface area contributed by atoms with Crippen molar-refractivity contribution in [3.8, 4) is 5.75 Å². The predicted molar refractivity (Wildman–Crippen MR) is 115 cm³/mol. The molecule has 0 aliphatic carbocycles. The highest BCUT2D eigenvalue weighted by atomic mass is 35.5. The Morgan fingerprint density at radius 3 is 2.39 bits per heavy atom. The van der Waals surface area contributed by atoms with Crippen molar-refractivity contribution in [1.82, 2.24) is 10.6 Å². The Hall–Kier alpha value is -2.44. The van der Waals surface area contributed by atoms with E-state index in [4.69, 9.17) is 22.1 Å². The second kappa shape index (κ2) is 11.4. The van der Waals surface area contributed by atoms with E-state index < -0.39 is 0 Å². The van der Waals surface area contributed by atoms with Gasteiger partial charge in [-0.05, 0) is 30.2 Å². The third-order valence-electron chi connectivity index (χ3n) is 4.05. The number of amides is 2. The molecule has 0 bridgehead atoms. The SMILES string of the molecule is CCCCNC(=O)c1ccc(CNC(=O)c2cc(Cl)c(N)cc2OC)cc1.Cl. The van der Waals surface area contributed by atoms with Crippen LogP contribution < -0.4 is 21.1 Å². The Balaban J connectivity index is 0.00000392. The van der Waals surface area contributed by atoms with E-state index in [2.05, 4.69) is 17.6 Å². The molecule has 2 aromatic rings. The Labute approximate surface area is 176 Å². The van der Waals surface area contributed by atoms with Crippen LogP contribution in [0.25, 0.3) is 0 Å². The lowest BCUT2D eigenvalue weighted by molar-refractivity contribution is 0.0940. The van der Waals surface area contributed by atoms with E-state index in [1.54, 1.807) is 12.1 Å². The summed E-state index contributed by atoms with van der Waals surface area (Å²) in [6.45, 7) is 3.05. The molecule has 6 nitrogen and oxygen atoms in total. The van der Waals surface area contributed by atoms with Gasteiger partial charge < -0.3 is 21.1 Å². The fourth-order valence-electron chi connectivity index (χ4n) is 2.45. The van der Waals surface area contributed by atoms with Crippen molar-refractivity contribution in [1.29, 1.82) is 0 Å². The van der Waals surface area contributed by atoms with E-state index in [1.165, 1.54) is 19.2 Å². The number of rotatable bonds is 8. The molecule has 2 amide bonds. The third-order valence-corrected chi connectivity index (χ3v) is 4.38. The first-order chi connectivity index (χ1) is 13.0. The highest BCUT2D eigenvalue weighted by Gasteiger charge is 2.15. The first-order valence-electron chi connectivity index (χ1n) is 8.74. The van der Waals surface area contributed by atoms with Crippen LogP contribution in [0, 0.1) is 0 Å². The summed E-state index contributed by atoms with van der Waals surface area (Å²) in [6.07, 6.45) is 1.98. The summed E-state index contributed by atoms with van der Waals surface area (Å²) in [6, 6.07) is 10.1. The van der Waals surface area contributed by atoms with Gasteiger partial charge in [-0.2, -0.15) is 0 Å². The Morgan fingerprint density at radius 1 is 1.11 bits per heavy atom. The maximum atomic E-state index is 12.4. The number of halogens is 2. The van der Waals surface area contributed by atoms with Crippen molar-refractivity contribution < 1.29 is 14.3 Å². The standard InChI is InChI=1S/C20H24ClN3O3.ClH/c1-3-4-9-23-19(25)14-7-5-13(6-8-14)12-24-20(26)15-10-16(21)17(22)11-18(15)27-2;/h5-8,10-11H,3-4,9,12,22H2,1-2H3,(H,23,25)(H,24,26);1H. The maximum Gasteiger partial charge on any atom is 0.255 e. The third kappa shape index (κ3) is 6.32. The van der Waals surface area contributed by atoms with E-state index in [1.807, 2.05) is 12.1 Å². The van der Waals surface area contributed by atoms with E-state index >= 15 is 0 Å². The van der Waals surface area contributed by atoms with Gasteiger partial charge in [0.2, 0.25) is 0 Å². The molecule has 0 aliphatic rings. The molecule has 0 spiro atoms.